The first-order chi connectivity index (χ1) is 9.40. The molecule has 0 aliphatic rings. The maximum absolute atomic E-state index is 13.4. The molecule has 2 unspecified atom stereocenters. The van der Waals surface area contributed by atoms with Crippen LogP contribution in [0, 0.1) is 11.7 Å². The molecule has 2 atom stereocenters. The molecule has 0 fully saturated rings. The van der Waals surface area contributed by atoms with Crippen molar-refractivity contribution < 1.29 is 19.0 Å². The molecular formula is C15H22FNO3. The van der Waals surface area contributed by atoms with Gasteiger partial charge in [0.25, 0.3) is 5.91 Å². The zero-order valence-electron chi connectivity index (χ0n) is 12.1. The lowest BCUT2D eigenvalue weighted by Gasteiger charge is -2.17. The Hall–Kier alpha value is -1.62. The number of hydrogen-bond donors (Lipinski definition) is 2. The van der Waals surface area contributed by atoms with E-state index in [9.17, 15) is 14.3 Å². The molecule has 0 bridgehead atoms. The summed E-state index contributed by atoms with van der Waals surface area (Å²) in [4.78, 5) is 11.8. The van der Waals surface area contributed by atoms with E-state index in [1.54, 1.807) is 12.1 Å². The molecule has 5 heteroatoms. The van der Waals surface area contributed by atoms with E-state index in [1.165, 1.54) is 19.1 Å². The van der Waals surface area contributed by atoms with E-state index in [4.69, 9.17) is 4.74 Å². The van der Waals surface area contributed by atoms with Crippen LogP contribution in [0.3, 0.4) is 0 Å². The molecule has 4 nitrogen and oxygen atoms in total. The van der Waals surface area contributed by atoms with Gasteiger partial charge in [0.1, 0.15) is 0 Å². The molecule has 1 amide bonds. The van der Waals surface area contributed by atoms with E-state index >= 15 is 0 Å². The first-order valence-electron chi connectivity index (χ1n) is 6.77. The van der Waals surface area contributed by atoms with Crippen LogP contribution in [-0.2, 0) is 4.79 Å². The topological polar surface area (TPSA) is 58.6 Å². The van der Waals surface area contributed by atoms with E-state index in [0.29, 0.717) is 12.3 Å². The maximum Gasteiger partial charge on any atom is 0.260 e. The van der Waals surface area contributed by atoms with E-state index in [-0.39, 0.29) is 18.2 Å². The summed E-state index contributed by atoms with van der Waals surface area (Å²) in [5, 5.41) is 12.3. The third kappa shape index (κ3) is 5.57. The number of hydrogen-bond acceptors (Lipinski definition) is 3. The van der Waals surface area contributed by atoms with Crippen LogP contribution in [0.5, 0.6) is 5.75 Å². The molecule has 1 rings (SSSR count). The van der Waals surface area contributed by atoms with Gasteiger partial charge in [0, 0.05) is 6.54 Å². The Morgan fingerprint density at radius 2 is 2.00 bits per heavy atom. The van der Waals surface area contributed by atoms with Gasteiger partial charge in [-0.05, 0) is 31.4 Å². The van der Waals surface area contributed by atoms with Crippen molar-refractivity contribution in [3.63, 3.8) is 0 Å². The van der Waals surface area contributed by atoms with Gasteiger partial charge in [0.05, 0.1) is 6.10 Å². The number of rotatable bonds is 7. The number of carbonyl (C=O) groups excluding carboxylic acids is 1. The quantitative estimate of drug-likeness (QED) is 0.806. The van der Waals surface area contributed by atoms with Crippen LogP contribution in [-0.4, -0.2) is 29.8 Å². The van der Waals surface area contributed by atoms with Crippen molar-refractivity contribution in [2.24, 2.45) is 5.92 Å². The molecule has 1 aromatic carbocycles. The molecule has 0 saturated heterocycles. The number of aliphatic hydroxyl groups excluding tert-OH is 1. The van der Waals surface area contributed by atoms with Crippen molar-refractivity contribution in [2.45, 2.75) is 39.4 Å². The first-order valence-corrected chi connectivity index (χ1v) is 6.77. The number of para-hydroxylation sites is 1. The summed E-state index contributed by atoms with van der Waals surface area (Å²) in [7, 11) is 0. The number of aliphatic hydroxyl groups is 1. The van der Waals surface area contributed by atoms with Crippen LogP contribution in [0.1, 0.15) is 27.2 Å². The highest BCUT2D eigenvalue weighted by atomic mass is 19.1. The van der Waals surface area contributed by atoms with Crippen molar-refractivity contribution in [3.05, 3.63) is 30.1 Å². The van der Waals surface area contributed by atoms with E-state index in [1.807, 2.05) is 13.8 Å². The Morgan fingerprint density at radius 1 is 1.35 bits per heavy atom. The zero-order chi connectivity index (χ0) is 15.1. The smallest absolute Gasteiger partial charge is 0.260 e. The SMILES string of the molecule is CC(C)CC(O)CNC(=O)C(C)Oc1ccccc1F. The fraction of sp³-hybridized carbons (Fsp3) is 0.533. The predicted molar refractivity (Wildman–Crippen MR) is 75.0 cm³/mol. The predicted octanol–water partition coefficient (Wildman–Crippen LogP) is 2.12. The number of amides is 1. The lowest BCUT2D eigenvalue weighted by Crippen LogP contribution is -2.40. The van der Waals surface area contributed by atoms with Gasteiger partial charge in [-0.1, -0.05) is 26.0 Å². The second kappa shape index (κ2) is 7.85. The van der Waals surface area contributed by atoms with E-state index in [2.05, 4.69) is 5.32 Å². The van der Waals surface area contributed by atoms with Gasteiger partial charge in [-0.15, -0.1) is 0 Å². The van der Waals surface area contributed by atoms with Gasteiger partial charge in [-0.3, -0.25) is 4.79 Å². The molecule has 0 aromatic heterocycles. The molecule has 0 heterocycles. The summed E-state index contributed by atoms with van der Waals surface area (Å²) in [6, 6.07) is 5.92. The monoisotopic (exact) mass is 283 g/mol. The van der Waals surface area contributed by atoms with Crippen LogP contribution < -0.4 is 10.1 Å². The molecular weight excluding hydrogens is 261 g/mol. The number of carbonyl (C=O) groups is 1. The van der Waals surface area contributed by atoms with Crippen LogP contribution in [0.2, 0.25) is 0 Å². The van der Waals surface area contributed by atoms with Crippen molar-refractivity contribution >= 4 is 5.91 Å². The minimum atomic E-state index is -0.821. The molecule has 112 valence electrons. The highest BCUT2D eigenvalue weighted by molar-refractivity contribution is 5.80. The highest BCUT2D eigenvalue weighted by Crippen LogP contribution is 2.16. The summed E-state index contributed by atoms with van der Waals surface area (Å²) in [5.74, 6) is -0.491. The Balaban J connectivity index is 2.42. The third-order valence-electron chi connectivity index (χ3n) is 2.77. The summed E-state index contributed by atoms with van der Waals surface area (Å²) in [6.45, 7) is 5.70. The molecule has 0 saturated carbocycles. The van der Waals surface area contributed by atoms with Crippen molar-refractivity contribution in [2.75, 3.05) is 6.54 Å². The minimum absolute atomic E-state index is 0.0397. The Bertz CT molecular complexity index is 437. The number of benzene rings is 1. The van der Waals surface area contributed by atoms with Crippen molar-refractivity contribution in [1.29, 1.82) is 0 Å². The average Bonchev–Trinajstić information content (AvgIpc) is 2.37. The first kappa shape index (κ1) is 16.4. The van der Waals surface area contributed by atoms with Crippen molar-refractivity contribution in [3.8, 4) is 5.75 Å². The van der Waals surface area contributed by atoms with E-state index in [0.717, 1.165) is 0 Å². The maximum atomic E-state index is 13.4. The standard InChI is InChI=1S/C15H22FNO3/c1-10(2)8-12(18)9-17-15(19)11(3)20-14-7-5-4-6-13(14)16/h4-7,10-12,18H,8-9H2,1-3H3,(H,17,19). The summed E-state index contributed by atoms with van der Waals surface area (Å²) < 4.78 is 18.6. The third-order valence-corrected chi connectivity index (χ3v) is 2.77. The summed E-state index contributed by atoms with van der Waals surface area (Å²) >= 11 is 0. The Morgan fingerprint density at radius 3 is 2.60 bits per heavy atom. The van der Waals surface area contributed by atoms with Crippen LogP contribution in [0.15, 0.2) is 24.3 Å². The normalized spacial score (nSPS) is 13.9. The molecule has 2 N–H and O–H groups in total. The molecule has 0 aliphatic carbocycles. The second-order valence-corrected chi connectivity index (χ2v) is 5.22. The van der Waals surface area contributed by atoms with E-state index < -0.39 is 18.0 Å². The average molecular weight is 283 g/mol. The lowest BCUT2D eigenvalue weighted by atomic mass is 10.1. The van der Waals surface area contributed by atoms with Crippen LogP contribution >= 0.6 is 0 Å². The van der Waals surface area contributed by atoms with Gasteiger partial charge in [-0.25, -0.2) is 4.39 Å². The molecule has 1 aromatic rings. The fourth-order valence-electron chi connectivity index (χ4n) is 1.77. The zero-order valence-corrected chi connectivity index (χ0v) is 12.1. The Labute approximate surface area is 119 Å². The minimum Gasteiger partial charge on any atom is -0.478 e. The summed E-state index contributed by atoms with van der Waals surface area (Å²) in [6.07, 6.45) is -0.791. The highest BCUT2D eigenvalue weighted by Gasteiger charge is 2.17. The molecule has 0 radical (unpaired) electrons. The molecule has 0 spiro atoms. The fourth-order valence-corrected chi connectivity index (χ4v) is 1.77. The van der Waals surface area contributed by atoms with Crippen LogP contribution in [0.25, 0.3) is 0 Å². The number of halogens is 1. The van der Waals surface area contributed by atoms with Gasteiger partial charge >= 0.3 is 0 Å². The van der Waals surface area contributed by atoms with Gasteiger partial charge < -0.3 is 15.2 Å². The second-order valence-electron chi connectivity index (χ2n) is 5.22. The lowest BCUT2D eigenvalue weighted by molar-refractivity contribution is -0.127. The largest absolute Gasteiger partial charge is 0.478 e. The van der Waals surface area contributed by atoms with Crippen molar-refractivity contribution in [1.82, 2.24) is 5.32 Å². The van der Waals surface area contributed by atoms with Gasteiger partial charge in [0.15, 0.2) is 17.7 Å². The van der Waals surface area contributed by atoms with Crippen LogP contribution in [0.4, 0.5) is 4.39 Å². The summed E-state index contributed by atoms with van der Waals surface area (Å²) in [5.41, 5.74) is 0. The number of nitrogens with one attached hydrogen (secondary N) is 1. The molecule has 20 heavy (non-hydrogen) atoms. The Kier molecular flexibility index (Phi) is 6.45. The van der Waals surface area contributed by atoms with Gasteiger partial charge in [-0.2, -0.15) is 0 Å². The molecule has 0 aliphatic heterocycles. The van der Waals surface area contributed by atoms with Gasteiger partial charge in [0.2, 0.25) is 0 Å². The number of ether oxygens (including phenoxy) is 1.